The van der Waals surface area contributed by atoms with Gasteiger partial charge in [-0.1, -0.05) is 29.8 Å². The van der Waals surface area contributed by atoms with E-state index in [1.807, 2.05) is 18.5 Å². The van der Waals surface area contributed by atoms with Crippen molar-refractivity contribution >= 4 is 18.0 Å². The Kier molecular flexibility index (Phi) is 6.11. The molecule has 0 fully saturated rings. The molecule has 1 heterocycles. The smallest absolute Gasteiger partial charge is 0.331 e. The van der Waals surface area contributed by atoms with Gasteiger partial charge >= 0.3 is 5.97 Å². The van der Waals surface area contributed by atoms with E-state index >= 15 is 0 Å². The van der Waals surface area contributed by atoms with Crippen LogP contribution >= 0.6 is 0 Å². The third-order valence-corrected chi connectivity index (χ3v) is 3.90. The van der Waals surface area contributed by atoms with Crippen LogP contribution in [0.1, 0.15) is 28.1 Å². The predicted octanol–water partition coefficient (Wildman–Crippen LogP) is 2.16. The van der Waals surface area contributed by atoms with Gasteiger partial charge in [-0.15, -0.1) is 0 Å². The van der Waals surface area contributed by atoms with Gasteiger partial charge in [0.15, 0.2) is 6.61 Å². The van der Waals surface area contributed by atoms with E-state index < -0.39 is 5.97 Å². The summed E-state index contributed by atoms with van der Waals surface area (Å²) in [5, 5.41) is 6.93. The maximum Gasteiger partial charge on any atom is 0.331 e. The molecule has 2 rings (SSSR count). The lowest BCUT2D eigenvalue weighted by Gasteiger charge is -2.05. The zero-order valence-corrected chi connectivity index (χ0v) is 15.0. The first-order valence-electron chi connectivity index (χ1n) is 8.05. The maximum absolute atomic E-state index is 11.7. The Morgan fingerprint density at radius 1 is 1.20 bits per heavy atom. The van der Waals surface area contributed by atoms with E-state index in [1.54, 1.807) is 6.08 Å². The molecule has 1 N–H and O–H groups in total. The van der Waals surface area contributed by atoms with E-state index in [1.165, 1.54) is 18.7 Å². The van der Waals surface area contributed by atoms with Gasteiger partial charge in [-0.05, 0) is 32.4 Å². The highest BCUT2D eigenvalue weighted by Gasteiger charge is 2.10. The summed E-state index contributed by atoms with van der Waals surface area (Å²) in [6.45, 7) is 6.29. The second-order valence-corrected chi connectivity index (χ2v) is 5.84. The number of carbonyl (C=O) groups is 2. The molecule has 0 radical (unpaired) electrons. The Balaban J connectivity index is 2.08. The minimum atomic E-state index is -0.561. The normalized spacial score (nSPS) is 10.9. The SMILES string of the molecule is CNC(=O)COC(=O)C=Cc1c(C)nn(Cc2ccc(C)cc2)c1C. The number of hydrogen-bond acceptors (Lipinski definition) is 4. The van der Waals surface area contributed by atoms with E-state index in [0.717, 1.165) is 22.5 Å². The molecule has 0 aliphatic carbocycles. The summed E-state index contributed by atoms with van der Waals surface area (Å²) in [4.78, 5) is 22.7. The summed E-state index contributed by atoms with van der Waals surface area (Å²) in [5.41, 5.74) is 5.06. The number of amides is 1. The molecular weight excluding hydrogens is 318 g/mol. The summed E-state index contributed by atoms with van der Waals surface area (Å²) in [5.74, 6) is -0.909. The molecule has 0 unspecified atom stereocenters. The van der Waals surface area contributed by atoms with Crippen LogP contribution in [0.3, 0.4) is 0 Å². The molecule has 0 saturated heterocycles. The number of esters is 1. The Labute approximate surface area is 147 Å². The van der Waals surface area contributed by atoms with Gasteiger partial charge in [-0.3, -0.25) is 9.48 Å². The van der Waals surface area contributed by atoms with Crippen LogP contribution in [0.5, 0.6) is 0 Å². The Morgan fingerprint density at radius 3 is 2.52 bits per heavy atom. The van der Waals surface area contributed by atoms with E-state index in [2.05, 4.69) is 41.6 Å². The van der Waals surface area contributed by atoms with Crippen LogP contribution in [0.4, 0.5) is 0 Å². The third kappa shape index (κ3) is 5.04. The number of rotatable bonds is 6. The second-order valence-electron chi connectivity index (χ2n) is 5.84. The first kappa shape index (κ1) is 18.4. The molecule has 132 valence electrons. The Morgan fingerprint density at radius 2 is 1.88 bits per heavy atom. The fourth-order valence-electron chi connectivity index (χ4n) is 2.38. The summed E-state index contributed by atoms with van der Waals surface area (Å²) in [6.07, 6.45) is 2.99. The number of aromatic nitrogens is 2. The van der Waals surface area contributed by atoms with Crippen LogP contribution in [0.2, 0.25) is 0 Å². The number of likely N-dealkylation sites (N-methyl/N-ethyl adjacent to an activating group) is 1. The first-order chi connectivity index (χ1) is 11.9. The van der Waals surface area contributed by atoms with Gasteiger partial charge in [0, 0.05) is 24.4 Å². The quantitative estimate of drug-likeness (QED) is 0.645. The van der Waals surface area contributed by atoms with Gasteiger partial charge in [0.2, 0.25) is 0 Å². The molecule has 0 saturated carbocycles. The van der Waals surface area contributed by atoms with Gasteiger partial charge < -0.3 is 10.1 Å². The number of benzene rings is 1. The second kappa shape index (κ2) is 8.28. The number of carbonyl (C=O) groups excluding carboxylic acids is 2. The van der Waals surface area contributed by atoms with Crippen molar-refractivity contribution in [2.75, 3.05) is 13.7 Å². The van der Waals surface area contributed by atoms with Crippen molar-refractivity contribution in [3.8, 4) is 0 Å². The van der Waals surface area contributed by atoms with Crippen molar-refractivity contribution in [2.24, 2.45) is 0 Å². The van der Waals surface area contributed by atoms with Crippen LogP contribution in [0.25, 0.3) is 6.08 Å². The minimum Gasteiger partial charge on any atom is -0.452 e. The van der Waals surface area contributed by atoms with Gasteiger partial charge in [0.1, 0.15) is 0 Å². The lowest BCUT2D eigenvalue weighted by Crippen LogP contribution is -2.24. The molecule has 0 aliphatic rings. The molecule has 25 heavy (non-hydrogen) atoms. The van der Waals surface area contributed by atoms with Crippen molar-refractivity contribution in [3.63, 3.8) is 0 Å². The molecule has 1 aromatic carbocycles. The molecule has 0 atom stereocenters. The van der Waals surface area contributed by atoms with Crippen LogP contribution in [0.15, 0.2) is 30.3 Å². The zero-order chi connectivity index (χ0) is 18.4. The summed E-state index contributed by atoms with van der Waals surface area (Å²) >= 11 is 0. The van der Waals surface area contributed by atoms with E-state index in [9.17, 15) is 9.59 Å². The zero-order valence-electron chi connectivity index (χ0n) is 15.0. The highest BCUT2D eigenvalue weighted by Crippen LogP contribution is 2.16. The first-order valence-corrected chi connectivity index (χ1v) is 8.05. The van der Waals surface area contributed by atoms with Crippen LogP contribution < -0.4 is 5.32 Å². The molecule has 0 bridgehead atoms. The molecule has 6 heteroatoms. The molecular formula is C19H23N3O3. The maximum atomic E-state index is 11.7. The monoisotopic (exact) mass is 341 g/mol. The largest absolute Gasteiger partial charge is 0.452 e. The fraction of sp³-hybridized carbons (Fsp3) is 0.316. The average molecular weight is 341 g/mol. The van der Waals surface area contributed by atoms with Gasteiger partial charge in [-0.2, -0.15) is 5.10 Å². The standard InChI is InChI=1S/C19H23N3O3/c1-13-5-7-16(8-6-13)11-22-15(3)17(14(2)21-22)9-10-19(24)25-12-18(23)20-4/h5-10H,11-12H2,1-4H3,(H,20,23). The van der Waals surface area contributed by atoms with Crippen molar-refractivity contribution in [1.29, 1.82) is 0 Å². The van der Waals surface area contributed by atoms with Crippen molar-refractivity contribution < 1.29 is 14.3 Å². The van der Waals surface area contributed by atoms with E-state index in [-0.39, 0.29) is 12.5 Å². The molecule has 6 nitrogen and oxygen atoms in total. The fourth-order valence-corrected chi connectivity index (χ4v) is 2.38. The highest BCUT2D eigenvalue weighted by atomic mass is 16.5. The molecule has 0 aliphatic heterocycles. The summed E-state index contributed by atoms with van der Waals surface area (Å²) in [6, 6.07) is 8.31. The van der Waals surface area contributed by atoms with Crippen molar-refractivity contribution in [1.82, 2.24) is 15.1 Å². The molecule has 2 aromatic rings. The van der Waals surface area contributed by atoms with Gasteiger partial charge in [0.05, 0.1) is 12.2 Å². The number of nitrogens with zero attached hydrogens (tertiary/aromatic N) is 2. The number of nitrogens with one attached hydrogen (secondary N) is 1. The topological polar surface area (TPSA) is 73.2 Å². The predicted molar refractivity (Wildman–Crippen MR) is 96.0 cm³/mol. The number of hydrogen-bond donors (Lipinski definition) is 1. The van der Waals surface area contributed by atoms with Crippen LogP contribution in [0, 0.1) is 20.8 Å². The molecule has 1 amide bonds. The molecule has 0 spiro atoms. The minimum absolute atomic E-state index is 0.287. The van der Waals surface area contributed by atoms with Crippen molar-refractivity contribution in [3.05, 3.63) is 58.4 Å². The Bertz CT molecular complexity index is 789. The summed E-state index contributed by atoms with van der Waals surface area (Å²) < 4.78 is 6.76. The van der Waals surface area contributed by atoms with Crippen molar-refractivity contribution in [2.45, 2.75) is 27.3 Å². The van der Waals surface area contributed by atoms with E-state index in [4.69, 9.17) is 4.74 Å². The lowest BCUT2D eigenvalue weighted by atomic mass is 10.1. The van der Waals surface area contributed by atoms with Gasteiger partial charge in [0.25, 0.3) is 5.91 Å². The third-order valence-electron chi connectivity index (χ3n) is 3.90. The number of ether oxygens (including phenoxy) is 1. The summed E-state index contributed by atoms with van der Waals surface area (Å²) in [7, 11) is 1.49. The van der Waals surface area contributed by atoms with E-state index in [0.29, 0.717) is 6.54 Å². The van der Waals surface area contributed by atoms with Crippen LogP contribution in [-0.4, -0.2) is 35.3 Å². The van der Waals surface area contributed by atoms with Crippen LogP contribution in [-0.2, 0) is 20.9 Å². The van der Waals surface area contributed by atoms with Gasteiger partial charge in [-0.25, -0.2) is 4.79 Å². The highest BCUT2D eigenvalue weighted by molar-refractivity contribution is 5.89. The Hall–Kier alpha value is -2.89. The lowest BCUT2D eigenvalue weighted by molar-refractivity contribution is -0.143. The average Bonchev–Trinajstić information content (AvgIpc) is 2.86. The number of aryl methyl sites for hydroxylation is 2. The molecule has 1 aromatic heterocycles.